The van der Waals surface area contributed by atoms with Crippen molar-refractivity contribution in [2.75, 3.05) is 39.8 Å². The van der Waals surface area contributed by atoms with E-state index in [4.69, 9.17) is 9.47 Å². The van der Waals surface area contributed by atoms with Crippen molar-refractivity contribution in [2.24, 2.45) is 11.8 Å². The number of Topliss-reactive ketones (excluding diaryl/α,β-unsaturated/α-hetero) is 2. The van der Waals surface area contributed by atoms with E-state index in [0.717, 1.165) is 63.8 Å². The summed E-state index contributed by atoms with van der Waals surface area (Å²) >= 11 is 0. The number of ether oxygens (including phenoxy) is 2. The van der Waals surface area contributed by atoms with Crippen molar-refractivity contribution < 1.29 is 32.6 Å². The Balaban J connectivity index is 0.000000256. The van der Waals surface area contributed by atoms with E-state index in [0.29, 0.717) is 17.7 Å². The Morgan fingerprint density at radius 1 is 0.778 bits per heavy atom. The van der Waals surface area contributed by atoms with Gasteiger partial charge in [-0.3, -0.25) is 14.5 Å². The quantitative estimate of drug-likeness (QED) is 0.208. The van der Waals surface area contributed by atoms with E-state index in [2.05, 4.69) is 17.1 Å². The largest absolute Gasteiger partial charge is 0.508 e. The predicted octanol–water partition coefficient (Wildman–Crippen LogP) is 6.82. The zero-order valence-electron chi connectivity index (χ0n) is 26.0. The van der Waals surface area contributed by atoms with E-state index in [1.165, 1.54) is 36.9 Å². The molecule has 240 valence electrons. The zero-order valence-corrected chi connectivity index (χ0v) is 26.0. The number of likely N-dealkylation sites (tertiary alicyclic amines) is 1. The maximum atomic E-state index is 13.1. The van der Waals surface area contributed by atoms with Crippen LogP contribution in [0.4, 0.5) is 13.6 Å². The van der Waals surface area contributed by atoms with Crippen molar-refractivity contribution in [3.63, 3.8) is 0 Å². The van der Waals surface area contributed by atoms with Gasteiger partial charge in [-0.25, -0.2) is 13.6 Å². The van der Waals surface area contributed by atoms with E-state index >= 15 is 0 Å². The van der Waals surface area contributed by atoms with Gasteiger partial charge in [-0.05, 0) is 118 Å². The minimum absolute atomic E-state index is 0.0622. The van der Waals surface area contributed by atoms with E-state index in [1.807, 2.05) is 24.3 Å². The number of hydrogen-bond acceptors (Lipinski definition) is 7. The molecule has 0 saturated carbocycles. The van der Waals surface area contributed by atoms with Crippen LogP contribution in [0.15, 0.2) is 72.8 Å². The van der Waals surface area contributed by atoms with Gasteiger partial charge in [-0.1, -0.05) is 31.2 Å². The fraction of sp³-hybridized carbons (Fsp3) is 0.417. The highest BCUT2D eigenvalue weighted by Crippen LogP contribution is 2.26. The molecule has 2 aliphatic heterocycles. The van der Waals surface area contributed by atoms with Crippen molar-refractivity contribution in [3.05, 3.63) is 107 Å². The monoisotopic (exact) mass is 620 g/mol. The summed E-state index contributed by atoms with van der Waals surface area (Å²) in [7, 11) is 1.30. The molecule has 1 N–H and O–H groups in total. The molecule has 0 radical (unpaired) electrons. The van der Waals surface area contributed by atoms with Gasteiger partial charge in [0.1, 0.15) is 17.7 Å². The number of carbonyl (C=O) groups excluding carboxylic acids is 3. The second kappa shape index (κ2) is 16.9. The minimum atomic E-state index is -0.707. The Labute approximate surface area is 263 Å². The van der Waals surface area contributed by atoms with E-state index in [-0.39, 0.29) is 35.0 Å². The maximum absolute atomic E-state index is 13.1. The second-order valence-corrected chi connectivity index (χ2v) is 11.5. The Kier molecular flexibility index (Phi) is 12.8. The molecule has 0 spiro atoms. The zero-order chi connectivity index (χ0) is 32.2. The van der Waals surface area contributed by atoms with E-state index in [9.17, 15) is 23.2 Å². The lowest BCUT2D eigenvalue weighted by atomic mass is 9.88. The highest BCUT2D eigenvalue weighted by atomic mass is 19.1. The fourth-order valence-corrected chi connectivity index (χ4v) is 5.74. The number of carbonyl (C=O) groups is 3. The summed E-state index contributed by atoms with van der Waals surface area (Å²) in [5, 5.41) is 3.22. The van der Waals surface area contributed by atoms with Gasteiger partial charge in [0, 0.05) is 29.5 Å². The SMILES string of the molecule is CCc1ccc(C(CN2CCC(C(=O)c3ccc(F)cc3)CC2)OC(=O)OC)cc1.O=C(c1ccc(F)cc1)C1CCNCC1. The van der Waals surface area contributed by atoms with Crippen LogP contribution >= 0.6 is 0 Å². The normalized spacial score (nSPS) is 16.6. The summed E-state index contributed by atoms with van der Waals surface area (Å²) < 4.78 is 36.0. The van der Waals surface area contributed by atoms with Crippen molar-refractivity contribution in [1.29, 1.82) is 0 Å². The molecular formula is C36H42F2N2O5. The maximum Gasteiger partial charge on any atom is 0.508 e. The highest BCUT2D eigenvalue weighted by molar-refractivity contribution is 5.98. The first-order chi connectivity index (χ1) is 21.8. The van der Waals surface area contributed by atoms with Crippen molar-refractivity contribution >= 4 is 17.7 Å². The number of nitrogens with one attached hydrogen (secondary N) is 1. The number of aryl methyl sites for hydroxylation is 1. The Morgan fingerprint density at radius 2 is 1.27 bits per heavy atom. The number of ketones is 2. The number of nitrogens with zero attached hydrogens (tertiary/aromatic N) is 1. The molecule has 7 nitrogen and oxygen atoms in total. The first-order valence-electron chi connectivity index (χ1n) is 15.6. The smallest absolute Gasteiger partial charge is 0.438 e. The van der Waals surface area contributed by atoms with Gasteiger partial charge >= 0.3 is 6.16 Å². The summed E-state index contributed by atoms with van der Waals surface area (Å²) in [6.45, 7) is 5.89. The van der Waals surface area contributed by atoms with Gasteiger partial charge in [0.25, 0.3) is 0 Å². The molecule has 2 saturated heterocycles. The molecule has 2 heterocycles. The van der Waals surface area contributed by atoms with E-state index < -0.39 is 12.3 Å². The summed E-state index contributed by atoms with van der Waals surface area (Å²) in [4.78, 5) is 38.6. The molecule has 45 heavy (non-hydrogen) atoms. The second-order valence-electron chi connectivity index (χ2n) is 11.5. The lowest BCUT2D eigenvalue weighted by Crippen LogP contribution is -2.39. The molecule has 0 bridgehead atoms. The number of piperidine rings is 2. The first kappa shape index (κ1) is 33.9. The molecule has 1 atom stereocenters. The summed E-state index contributed by atoms with van der Waals surface area (Å²) in [6, 6.07) is 19.6. The number of hydrogen-bond donors (Lipinski definition) is 1. The van der Waals surface area contributed by atoms with Crippen LogP contribution < -0.4 is 5.32 Å². The van der Waals surface area contributed by atoms with Crippen LogP contribution in [0.3, 0.4) is 0 Å². The Hall–Kier alpha value is -3.95. The average molecular weight is 621 g/mol. The van der Waals surface area contributed by atoms with Gasteiger partial charge < -0.3 is 14.8 Å². The third kappa shape index (κ3) is 10.0. The average Bonchev–Trinajstić information content (AvgIpc) is 3.09. The van der Waals surface area contributed by atoms with Crippen LogP contribution in [-0.4, -0.2) is 62.5 Å². The van der Waals surface area contributed by atoms with Gasteiger partial charge in [0.2, 0.25) is 0 Å². The lowest BCUT2D eigenvalue weighted by molar-refractivity contribution is 0.0161. The lowest BCUT2D eigenvalue weighted by Gasteiger charge is -2.33. The molecule has 3 aromatic rings. The molecule has 9 heteroatoms. The van der Waals surface area contributed by atoms with Crippen LogP contribution in [0.5, 0.6) is 0 Å². The minimum Gasteiger partial charge on any atom is -0.438 e. The van der Waals surface area contributed by atoms with Crippen molar-refractivity contribution in [2.45, 2.75) is 45.1 Å². The molecule has 0 aliphatic carbocycles. The van der Waals surface area contributed by atoms with E-state index in [1.54, 1.807) is 24.3 Å². The molecule has 3 aromatic carbocycles. The molecule has 2 fully saturated rings. The van der Waals surface area contributed by atoms with Gasteiger partial charge in [-0.2, -0.15) is 0 Å². The number of halogens is 2. The number of rotatable bonds is 9. The fourth-order valence-electron chi connectivity index (χ4n) is 5.74. The topological polar surface area (TPSA) is 84.9 Å². The molecule has 0 aromatic heterocycles. The Morgan fingerprint density at radius 3 is 1.73 bits per heavy atom. The molecule has 2 aliphatic rings. The number of methoxy groups -OCH3 is 1. The van der Waals surface area contributed by atoms with Gasteiger partial charge in [0.15, 0.2) is 11.6 Å². The third-order valence-corrected chi connectivity index (χ3v) is 8.51. The third-order valence-electron chi connectivity index (χ3n) is 8.51. The van der Waals surface area contributed by atoms with Crippen molar-refractivity contribution in [3.8, 4) is 0 Å². The molecule has 0 amide bonds. The molecular weight excluding hydrogens is 578 g/mol. The summed E-state index contributed by atoms with van der Waals surface area (Å²) in [6.07, 6.45) is 3.00. The molecule has 5 rings (SSSR count). The van der Waals surface area contributed by atoms with Gasteiger partial charge in [0.05, 0.1) is 7.11 Å². The van der Waals surface area contributed by atoms with Crippen LogP contribution in [0.2, 0.25) is 0 Å². The predicted molar refractivity (Wildman–Crippen MR) is 168 cm³/mol. The Bertz CT molecular complexity index is 1380. The van der Waals surface area contributed by atoms with Gasteiger partial charge in [-0.15, -0.1) is 0 Å². The number of benzene rings is 3. The summed E-state index contributed by atoms with van der Waals surface area (Å²) in [5.74, 6) is -0.391. The standard InChI is InChI=1S/C24H28FNO4.C12H14FNO/c1-3-17-4-6-18(7-5-17)22(30-24(28)29-2)16-26-14-12-20(13-15-26)23(27)19-8-10-21(25)11-9-19;13-11-3-1-9(2-4-11)12(15)10-5-7-14-8-6-10/h4-11,20,22H,3,12-16H2,1-2H3;1-4,10,14H,5-8H2. The van der Waals surface area contributed by atoms with Crippen LogP contribution in [0, 0.1) is 23.5 Å². The highest BCUT2D eigenvalue weighted by Gasteiger charge is 2.29. The van der Waals surface area contributed by atoms with Crippen LogP contribution in [0.25, 0.3) is 0 Å². The molecule has 1 unspecified atom stereocenters. The van der Waals surface area contributed by atoms with Crippen molar-refractivity contribution in [1.82, 2.24) is 10.2 Å². The first-order valence-corrected chi connectivity index (χ1v) is 15.6. The van der Waals surface area contributed by atoms with Crippen LogP contribution in [-0.2, 0) is 15.9 Å². The summed E-state index contributed by atoms with van der Waals surface area (Å²) in [5.41, 5.74) is 3.32. The van der Waals surface area contributed by atoms with Crippen LogP contribution in [0.1, 0.15) is 70.6 Å².